The van der Waals surface area contributed by atoms with Gasteiger partial charge in [-0.05, 0) is 12.5 Å². The first-order valence-electron chi connectivity index (χ1n) is 5.06. The third kappa shape index (κ3) is 2.33. The van der Waals surface area contributed by atoms with Crippen LogP contribution in [0, 0.1) is 6.92 Å². The van der Waals surface area contributed by atoms with Crippen LogP contribution in [0.15, 0.2) is 30.5 Å². The summed E-state index contributed by atoms with van der Waals surface area (Å²) in [6.07, 6.45) is -3.04. The fourth-order valence-electron chi connectivity index (χ4n) is 1.72. The number of hydrogen-bond acceptors (Lipinski definition) is 1. The van der Waals surface area contributed by atoms with Crippen molar-refractivity contribution >= 4 is 0 Å². The molecular weight excluding hydrogens is 229 g/mol. The van der Waals surface area contributed by atoms with Crippen LogP contribution in [0.1, 0.15) is 11.3 Å². The lowest BCUT2D eigenvalue weighted by atomic mass is 10.0. The molecule has 0 amide bonds. The minimum atomic E-state index is -4.43. The van der Waals surface area contributed by atoms with Gasteiger partial charge in [0.05, 0.1) is 0 Å². The van der Waals surface area contributed by atoms with Gasteiger partial charge in [0.1, 0.15) is 0 Å². The molecule has 0 saturated carbocycles. The third-order valence-corrected chi connectivity index (χ3v) is 2.43. The normalized spacial score (nSPS) is 11.8. The topological polar surface area (TPSA) is 17.8 Å². The summed E-state index contributed by atoms with van der Waals surface area (Å²) in [6.45, 7) is 1.84. The Hall–Kier alpha value is -1.78. The monoisotopic (exact) mass is 240 g/mol. The Labute approximate surface area is 96.7 Å². The summed E-state index contributed by atoms with van der Waals surface area (Å²) >= 11 is 0. The number of alkyl halides is 3. The number of hydrogen-bond donors (Lipinski definition) is 0. The van der Waals surface area contributed by atoms with Gasteiger partial charge < -0.3 is 0 Å². The first-order valence-corrected chi connectivity index (χ1v) is 5.06. The van der Waals surface area contributed by atoms with E-state index in [2.05, 4.69) is 5.10 Å². The third-order valence-electron chi connectivity index (χ3n) is 2.43. The van der Waals surface area contributed by atoms with Crippen molar-refractivity contribution in [2.75, 3.05) is 0 Å². The molecule has 1 aromatic carbocycles. The van der Waals surface area contributed by atoms with Crippen LogP contribution in [0.2, 0.25) is 0 Å². The molecule has 0 N–H and O–H groups in total. The first kappa shape index (κ1) is 11.7. The van der Waals surface area contributed by atoms with E-state index in [4.69, 9.17) is 0 Å². The van der Waals surface area contributed by atoms with Crippen molar-refractivity contribution in [3.05, 3.63) is 41.7 Å². The van der Waals surface area contributed by atoms with Crippen LogP contribution in [0.5, 0.6) is 0 Å². The van der Waals surface area contributed by atoms with Gasteiger partial charge in [0.25, 0.3) is 0 Å². The molecule has 0 radical (unpaired) electrons. The van der Waals surface area contributed by atoms with Gasteiger partial charge in [0.15, 0.2) is 5.69 Å². The molecule has 0 aliphatic heterocycles. The molecular formula is C12H11F3N2. The van der Waals surface area contributed by atoms with Crippen molar-refractivity contribution in [3.63, 3.8) is 0 Å². The van der Waals surface area contributed by atoms with E-state index in [9.17, 15) is 13.2 Å². The maximum absolute atomic E-state index is 12.8. The number of aryl methyl sites for hydroxylation is 2. The molecule has 2 rings (SSSR count). The summed E-state index contributed by atoms with van der Waals surface area (Å²) in [5, 5.41) is 3.48. The second kappa shape index (κ2) is 3.91. The van der Waals surface area contributed by atoms with Crippen LogP contribution in [-0.4, -0.2) is 9.78 Å². The molecule has 0 saturated heterocycles. The second-order valence-corrected chi connectivity index (χ2v) is 3.93. The number of benzene rings is 1. The van der Waals surface area contributed by atoms with E-state index in [1.807, 2.05) is 13.0 Å². The number of nitrogens with zero attached hydrogens (tertiary/aromatic N) is 2. The highest BCUT2D eigenvalue weighted by molar-refractivity contribution is 5.66. The zero-order valence-corrected chi connectivity index (χ0v) is 9.42. The van der Waals surface area contributed by atoms with Crippen LogP contribution in [0.3, 0.4) is 0 Å². The highest BCUT2D eigenvalue weighted by Gasteiger charge is 2.37. The highest BCUT2D eigenvalue weighted by Crippen LogP contribution is 2.35. The van der Waals surface area contributed by atoms with E-state index in [0.29, 0.717) is 5.56 Å². The Morgan fingerprint density at radius 2 is 1.94 bits per heavy atom. The van der Waals surface area contributed by atoms with Crippen molar-refractivity contribution in [1.29, 1.82) is 0 Å². The Morgan fingerprint density at radius 3 is 2.53 bits per heavy atom. The summed E-state index contributed by atoms with van der Waals surface area (Å²) in [7, 11) is 1.48. The summed E-state index contributed by atoms with van der Waals surface area (Å²) in [6, 6.07) is 6.94. The molecule has 2 nitrogen and oxygen atoms in total. The Bertz CT molecular complexity index is 541. The van der Waals surface area contributed by atoms with Crippen molar-refractivity contribution < 1.29 is 13.2 Å². The average Bonchev–Trinajstić information content (AvgIpc) is 2.60. The standard InChI is InChI=1S/C12H11F3N2/c1-8-4-3-5-9(6-8)10-7-17(2)16-11(10)12(13,14)15/h3-7H,1-2H3. The fourth-order valence-corrected chi connectivity index (χ4v) is 1.72. The second-order valence-electron chi connectivity index (χ2n) is 3.93. The Balaban J connectivity index is 2.60. The molecule has 90 valence electrons. The summed E-state index contributed by atoms with van der Waals surface area (Å²) in [4.78, 5) is 0. The molecule has 0 fully saturated rings. The van der Waals surface area contributed by atoms with Gasteiger partial charge in [-0.1, -0.05) is 29.8 Å². The molecule has 1 aromatic heterocycles. The van der Waals surface area contributed by atoms with Crippen molar-refractivity contribution in [3.8, 4) is 11.1 Å². The van der Waals surface area contributed by atoms with E-state index in [1.54, 1.807) is 18.2 Å². The predicted octanol–water partition coefficient (Wildman–Crippen LogP) is 3.41. The maximum Gasteiger partial charge on any atom is 0.435 e. The average molecular weight is 240 g/mol. The molecule has 0 atom stereocenters. The molecule has 2 aromatic rings. The Morgan fingerprint density at radius 1 is 1.24 bits per heavy atom. The van der Waals surface area contributed by atoms with E-state index in [-0.39, 0.29) is 5.56 Å². The number of halogens is 3. The lowest BCUT2D eigenvalue weighted by Crippen LogP contribution is -2.08. The van der Waals surface area contributed by atoms with Gasteiger partial charge in [-0.2, -0.15) is 18.3 Å². The van der Waals surface area contributed by atoms with Gasteiger partial charge in [-0.25, -0.2) is 0 Å². The Kier molecular flexibility index (Phi) is 2.69. The van der Waals surface area contributed by atoms with E-state index in [1.165, 1.54) is 17.9 Å². The van der Waals surface area contributed by atoms with Crippen molar-refractivity contribution in [1.82, 2.24) is 9.78 Å². The van der Waals surface area contributed by atoms with Crippen molar-refractivity contribution in [2.45, 2.75) is 13.1 Å². The lowest BCUT2D eigenvalue weighted by molar-refractivity contribution is -0.140. The van der Waals surface area contributed by atoms with Gasteiger partial charge in [0, 0.05) is 18.8 Å². The molecule has 1 heterocycles. The van der Waals surface area contributed by atoms with Crippen LogP contribution >= 0.6 is 0 Å². The highest BCUT2D eigenvalue weighted by atomic mass is 19.4. The minimum Gasteiger partial charge on any atom is -0.275 e. The summed E-state index contributed by atoms with van der Waals surface area (Å²) < 4.78 is 39.5. The van der Waals surface area contributed by atoms with Crippen LogP contribution < -0.4 is 0 Å². The molecule has 0 unspecified atom stereocenters. The van der Waals surface area contributed by atoms with Crippen LogP contribution in [0.25, 0.3) is 11.1 Å². The molecule has 0 aliphatic rings. The predicted molar refractivity (Wildman–Crippen MR) is 58.4 cm³/mol. The number of aromatic nitrogens is 2. The smallest absolute Gasteiger partial charge is 0.275 e. The fraction of sp³-hybridized carbons (Fsp3) is 0.250. The van der Waals surface area contributed by atoms with E-state index < -0.39 is 11.9 Å². The molecule has 0 aliphatic carbocycles. The van der Waals surface area contributed by atoms with Crippen LogP contribution in [-0.2, 0) is 13.2 Å². The maximum atomic E-state index is 12.8. The SMILES string of the molecule is Cc1cccc(-c2cn(C)nc2C(F)(F)F)c1. The summed E-state index contributed by atoms with van der Waals surface area (Å²) in [5.41, 5.74) is 0.721. The zero-order valence-electron chi connectivity index (χ0n) is 9.42. The first-order chi connectivity index (χ1) is 7.88. The summed E-state index contributed by atoms with van der Waals surface area (Å²) in [5.74, 6) is 0. The molecule has 5 heteroatoms. The number of rotatable bonds is 1. The lowest BCUT2D eigenvalue weighted by Gasteiger charge is -2.06. The minimum absolute atomic E-state index is 0.115. The van der Waals surface area contributed by atoms with Crippen LogP contribution in [0.4, 0.5) is 13.2 Å². The quantitative estimate of drug-likeness (QED) is 0.746. The molecule has 17 heavy (non-hydrogen) atoms. The van der Waals surface area contributed by atoms with E-state index >= 15 is 0 Å². The zero-order chi connectivity index (χ0) is 12.6. The van der Waals surface area contributed by atoms with E-state index in [0.717, 1.165) is 5.56 Å². The van der Waals surface area contributed by atoms with Gasteiger partial charge in [-0.15, -0.1) is 0 Å². The van der Waals surface area contributed by atoms with Gasteiger partial charge in [-0.3, -0.25) is 4.68 Å². The van der Waals surface area contributed by atoms with Crippen molar-refractivity contribution in [2.24, 2.45) is 7.05 Å². The molecule has 0 bridgehead atoms. The van der Waals surface area contributed by atoms with Gasteiger partial charge >= 0.3 is 6.18 Å². The van der Waals surface area contributed by atoms with Gasteiger partial charge in [0.2, 0.25) is 0 Å². The largest absolute Gasteiger partial charge is 0.435 e. The molecule has 0 spiro atoms.